The third kappa shape index (κ3) is 4.35. The summed E-state index contributed by atoms with van der Waals surface area (Å²) < 4.78 is 0. The number of carbonyl (C=O) groups is 1. The topological polar surface area (TPSA) is 49.3 Å². The standard InChI is InChI=1S/C16H25NO2/c1-15(2,3)16(4,5)11-17-10-12-7-6-8-13(9-12)14(18)19/h6-9,17H,10-11H2,1-5H3,(H,18,19). The Bertz CT molecular complexity index is 444. The highest BCUT2D eigenvalue weighted by Gasteiger charge is 2.31. The van der Waals surface area contributed by atoms with Crippen molar-refractivity contribution in [3.05, 3.63) is 35.4 Å². The minimum Gasteiger partial charge on any atom is -0.478 e. The van der Waals surface area contributed by atoms with Crippen LogP contribution in [-0.2, 0) is 6.54 Å². The molecule has 0 bridgehead atoms. The van der Waals surface area contributed by atoms with Crippen molar-refractivity contribution in [2.75, 3.05) is 6.54 Å². The molecule has 0 saturated heterocycles. The minimum atomic E-state index is -0.878. The van der Waals surface area contributed by atoms with Crippen LogP contribution in [0.5, 0.6) is 0 Å². The second-order valence-electron chi connectivity index (χ2n) is 6.74. The van der Waals surface area contributed by atoms with Gasteiger partial charge in [0.2, 0.25) is 0 Å². The number of rotatable bonds is 5. The van der Waals surface area contributed by atoms with Crippen LogP contribution in [0.1, 0.15) is 50.5 Å². The number of carboxylic acid groups (broad SMARTS) is 1. The number of nitrogens with one attached hydrogen (secondary N) is 1. The molecule has 0 aromatic heterocycles. The van der Waals surface area contributed by atoms with Gasteiger partial charge in [-0.15, -0.1) is 0 Å². The summed E-state index contributed by atoms with van der Waals surface area (Å²) in [7, 11) is 0. The summed E-state index contributed by atoms with van der Waals surface area (Å²) in [5.74, 6) is -0.878. The Kier molecular flexibility index (Phi) is 4.75. The van der Waals surface area contributed by atoms with E-state index in [9.17, 15) is 4.79 Å². The van der Waals surface area contributed by atoms with Gasteiger partial charge in [0, 0.05) is 13.1 Å². The summed E-state index contributed by atoms with van der Waals surface area (Å²) >= 11 is 0. The quantitative estimate of drug-likeness (QED) is 0.854. The normalized spacial score (nSPS) is 12.5. The first-order valence-electron chi connectivity index (χ1n) is 6.66. The summed E-state index contributed by atoms with van der Waals surface area (Å²) in [6.07, 6.45) is 0. The fourth-order valence-electron chi connectivity index (χ4n) is 1.60. The predicted molar refractivity (Wildman–Crippen MR) is 78.3 cm³/mol. The van der Waals surface area contributed by atoms with Crippen LogP contribution in [0.4, 0.5) is 0 Å². The second-order valence-corrected chi connectivity index (χ2v) is 6.74. The van der Waals surface area contributed by atoms with E-state index < -0.39 is 5.97 Å². The van der Waals surface area contributed by atoms with E-state index in [1.807, 2.05) is 6.07 Å². The van der Waals surface area contributed by atoms with Crippen LogP contribution >= 0.6 is 0 Å². The highest BCUT2D eigenvalue weighted by Crippen LogP contribution is 2.36. The summed E-state index contributed by atoms with van der Waals surface area (Å²) in [5.41, 5.74) is 1.75. The lowest BCUT2D eigenvalue weighted by molar-refractivity contribution is 0.0696. The van der Waals surface area contributed by atoms with Gasteiger partial charge in [-0.1, -0.05) is 46.8 Å². The monoisotopic (exact) mass is 263 g/mol. The van der Waals surface area contributed by atoms with Gasteiger partial charge >= 0.3 is 5.97 Å². The third-order valence-electron chi connectivity index (χ3n) is 4.10. The molecule has 2 N–H and O–H groups in total. The Morgan fingerprint density at radius 3 is 2.37 bits per heavy atom. The van der Waals surface area contributed by atoms with Crippen molar-refractivity contribution >= 4 is 5.97 Å². The molecule has 0 heterocycles. The van der Waals surface area contributed by atoms with Crippen LogP contribution in [0.2, 0.25) is 0 Å². The van der Waals surface area contributed by atoms with Crippen molar-refractivity contribution in [3.8, 4) is 0 Å². The van der Waals surface area contributed by atoms with E-state index in [1.54, 1.807) is 18.2 Å². The molecule has 0 aliphatic heterocycles. The molecule has 1 aromatic carbocycles. The summed E-state index contributed by atoms with van der Waals surface area (Å²) in [6.45, 7) is 12.8. The van der Waals surface area contributed by atoms with E-state index in [1.165, 1.54) is 0 Å². The minimum absolute atomic E-state index is 0.178. The molecule has 0 aliphatic rings. The number of benzene rings is 1. The molecule has 1 aromatic rings. The Morgan fingerprint density at radius 1 is 1.21 bits per heavy atom. The van der Waals surface area contributed by atoms with E-state index in [-0.39, 0.29) is 10.8 Å². The van der Waals surface area contributed by atoms with Crippen molar-refractivity contribution < 1.29 is 9.90 Å². The van der Waals surface area contributed by atoms with Gasteiger partial charge in [-0.3, -0.25) is 0 Å². The van der Waals surface area contributed by atoms with Gasteiger partial charge in [-0.25, -0.2) is 4.79 Å². The number of hydrogen-bond donors (Lipinski definition) is 2. The van der Waals surface area contributed by atoms with Crippen molar-refractivity contribution in [1.82, 2.24) is 5.32 Å². The van der Waals surface area contributed by atoms with Crippen molar-refractivity contribution in [2.45, 2.75) is 41.2 Å². The molecule has 0 unspecified atom stereocenters. The van der Waals surface area contributed by atoms with Crippen LogP contribution in [0.3, 0.4) is 0 Å². The average Bonchev–Trinajstić information content (AvgIpc) is 2.27. The molecule has 19 heavy (non-hydrogen) atoms. The lowest BCUT2D eigenvalue weighted by Crippen LogP contribution is -2.39. The molecule has 1 rings (SSSR count). The maximum absolute atomic E-state index is 10.9. The zero-order chi connectivity index (χ0) is 14.7. The largest absolute Gasteiger partial charge is 0.478 e. The lowest BCUT2D eigenvalue weighted by Gasteiger charge is -2.39. The van der Waals surface area contributed by atoms with Crippen LogP contribution in [-0.4, -0.2) is 17.6 Å². The average molecular weight is 263 g/mol. The zero-order valence-corrected chi connectivity index (χ0v) is 12.6. The Labute approximate surface area is 116 Å². The molecular weight excluding hydrogens is 238 g/mol. The highest BCUT2D eigenvalue weighted by atomic mass is 16.4. The molecular formula is C16H25NO2. The lowest BCUT2D eigenvalue weighted by atomic mass is 9.69. The van der Waals surface area contributed by atoms with Gasteiger partial charge in [-0.2, -0.15) is 0 Å². The fraction of sp³-hybridized carbons (Fsp3) is 0.562. The second kappa shape index (κ2) is 5.74. The molecule has 0 saturated carbocycles. The molecule has 3 heteroatoms. The van der Waals surface area contributed by atoms with Crippen molar-refractivity contribution in [3.63, 3.8) is 0 Å². The molecule has 106 valence electrons. The molecule has 0 spiro atoms. The van der Waals surface area contributed by atoms with Crippen molar-refractivity contribution in [1.29, 1.82) is 0 Å². The van der Waals surface area contributed by atoms with Gasteiger partial charge < -0.3 is 10.4 Å². The smallest absolute Gasteiger partial charge is 0.335 e. The first kappa shape index (κ1) is 15.7. The summed E-state index contributed by atoms with van der Waals surface area (Å²) in [4.78, 5) is 10.9. The van der Waals surface area contributed by atoms with Crippen molar-refractivity contribution in [2.24, 2.45) is 10.8 Å². The van der Waals surface area contributed by atoms with E-state index in [0.717, 1.165) is 12.1 Å². The van der Waals surface area contributed by atoms with Gasteiger partial charge in [-0.05, 0) is 28.5 Å². The van der Waals surface area contributed by atoms with E-state index >= 15 is 0 Å². The molecule has 0 atom stereocenters. The Hall–Kier alpha value is -1.35. The first-order chi connectivity index (χ1) is 8.63. The number of carboxylic acids is 1. The first-order valence-corrected chi connectivity index (χ1v) is 6.66. The summed E-state index contributed by atoms with van der Waals surface area (Å²) in [5, 5.41) is 12.4. The zero-order valence-electron chi connectivity index (χ0n) is 12.6. The van der Waals surface area contributed by atoms with Gasteiger partial charge in [0.05, 0.1) is 5.56 Å². The van der Waals surface area contributed by atoms with Gasteiger partial charge in [0.1, 0.15) is 0 Å². The number of aromatic carboxylic acids is 1. The van der Waals surface area contributed by atoms with Crippen LogP contribution in [0.15, 0.2) is 24.3 Å². The van der Waals surface area contributed by atoms with Gasteiger partial charge in [0.15, 0.2) is 0 Å². The molecule has 0 aliphatic carbocycles. The Balaban J connectivity index is 2.59. The maximum Gasteiger partial charge on any atom is 0.335 e. The summed E-state index contributed by atoms with van der Waals surface area (Å²) in [6, 6.07) is 7.07. The highest BCUT2D eigenvalue weighted by molar-refractivity contribution is 5.87. The van der Waals surface area contributed by atoms with E-state index in [4.69, 9.17) is 5.11 Å². The SMILES string of the molecule is CC(C)(C)C(C)(C)CNCc1cccc(C(=O)O)c1. The molecule has 0 amide bonds. The van der Waals surface area contributed by atoms with E-state index in [0.29, 0.717) is 12.1 Å². The Morgan fingerprint density at radius 2 is 1.84 bits per heavy atom. The maximum atomic E-state index is 10.9. The predicted octanol–water partition coefficient (Wildman–Crippen LogP) is 3.55. The molecule has 3 nitrogen and oxygen atoms in total. The molecule has 0 fully saturated rings. The number of hydrogen-bond acceptors (Lipinski definition) is 2. The van der Waals surface area contributed by atoms with Gasteiger partial charge in [0.25, 0.3) is 0 Å². The van der Waals surface area contributed by atoms with Crippen LogP contribution < -0.4 is 5.32 Å². The van der Waals surface area contributed by atoms with Crippen LogP contribution in [0.25, 0.3) is 0 Å². The fourth-order valence-corrected chi connectivity index (χ4v) is 1.60. The van der Waals surface area contributed by atoms with E-state index in [2.05, 4.69) is 39.9 Å². The third-order valence-corrected chi connectivity index (χ3v) is 4.10. The van der Waals surface area contributed by atoms with Crippen LogP contribution in [0, 0.1) is 10.8 Å². The molecule has 0 radical (unpaired) electrons.